The van der Waals surface area contributed by atoms with Crippen molar-refractivity contribution in [2.75, 3.05) is 47.5 Å². The third-order valence-corrected chi connectivity index (χ3v) is 13.2. The zero-order valence-electron chi connectivity index (χ0n) is 49.1. The normalized spacial score (nSPS) is 13.3. The molecule has 0 spiro atoms. The number of ether oxygens (including phenoxy) is 4. The van der Waals surface area contributed by atoms with Gasteiger partial charge in [0.25, 0.3) is 0 Å². The van der Waals surface area contributed by atoms with E-state index in [9.17, 15) is 19.5 Å². The minimum absolute atomic E-state index is 0.148. The van der Waals surface area contributed by atoms with E-state index in [2.05, 4.69) is 98.9 Å². The SMILES string of the molecule is CC/C=C\C/C=C\C/C=C\C/C=C\C/C=C\C/C=C\C/C=C\CCCCCCCCCCCCCCCCCCCC(=O)OC(COC(=O)CCCCCCCCCCCCC)COC(OCC[N+](C)(C)C)C(=O)[O-]. The number of hydrogen-bond donors (Lipinski definition) is 0. The predicted molar refractivity (Wildman–Crippen MR) is 315 cm³/mol. The Morgan fingerprint density at radius 3 is 1.13 bits per heavy atom. The minimum Gasteiger partial charge on any atom is -0.545 e. The highest BCUT2D eigenvalue weighted by Gasteiger charge is 2.22. The second kappa shape index (κ2) is 56.7. The number of rotatable bonds is 56. The van der Waals surface area contributed by atoms with Gasteiger partial charge in [0, 0.05) is 12.8 Å². The molecule has 0 heterocycles. The van der Waals surface area contributed by atoms with Crippen molar-refractivity contribution in [2.45, 2.75) is 270 Å². The van der Waals surface area contributed by atoms with Gasteiger partial charge in [-0.1, -0.05) is 259 Å². The molecule has 75 heavy (non-hydrogen) atoms. The van der Waals surface area contributed by atoms with Crippen molar-refractivity contribution in [1.82, 2.24) is 0 Å². The van der Waals surface area contributed by atoms with E-state index in [1.165, 1.54) is 148 Å². The fourth-order valence-electron chi connectivity index (χ4n) is 8.46. The highest BCUT2D eigenvalue weighted by molar-refractivity contribution is 5.70. The van der Waals surface area contributed by atoms with Crippen LogP contribution in [0.5, 0.6) is 0 Å². The second-order valence-corrected chi connectivity index (χ2v) is 21.6. The van der Waals surface area contributed by atoms with E-state index >= 15 is 0 Å². The summed E-state index contributed by atoms with van der Waals surface area (Å²) in [5.41, 5.74) is 0. The maximum absolute atomic E-state index is 12.8. The van der Waals surface area contributed by atoms with Gasteiger partial charge in [-0.3, -0.25) is 9.59 Å². The maximum atomic E-state index is 12.8. The quantitative estimate of drug-likeness (QED) is 0.0195. The van der Waals surface area contributed by atoms with Crippen LogP contribution in [-0.4, -0.2) is 82.3 Å². The smallest absolute Gasteiger partial charge is 0.306 e. The van der Waals surface area contributed by atoms with E-state index in [0.29, 0.717) is 23.9 Å². The van der Waals surface area contributed by atoms with Crippen molar-refractivity contribution in [3.05, 3.63) is 85.1 Å². The Hall–Kier alpha value is -3.53. The standard InChI is InChI=1S/C66H115NO8/c1-6-8-10-12-14-16-18-19-20-21-22-23-24-25-26-27-28-29-30-31-32-33-34-35-36-37-38-39-40-41-42-43-44-45-47-49-51-53-55-57-64(69)75-62(61-74-66(65(70)71)72-59-58-67(3,4)5)60-73-63(68)56-54-52-50-48-46-17-15-13-11-9-7-2/h8,10,14,16,19-20,22-23,25-26,28-29,31-32,62,66H,6-7,9,11-13,15,17-18,21,24,27,30,33-61H2,1-5H3/b10-8-,16-14-,20-19-,23-22-,26-25-,29-28-,32-31-. The fourth-order valence-corrected chi connectivity index (χ4v) is 8.46. The molecule has 0 saturated heterocycles. The van der Waals surface area contributed by atoms with Gasteiger partial charge in [-0.2, -0.15) is 0 Å². The van der Waals surface area contributed by atoms with Gasteiger partial charge in [0.15, 0.2) is 12.4 Å². The first-order chi connectivity index (χ1) is 36.6. The molecule has 0 N–H and O–H groups in total. The number of likely N-dealkylation sites (N-methyl/N-ethyl adjacent to an activating group) is 1. The number of allylic oxidation sites excluding steroid dienone is 14. The van der Waals surface area contributed by atoms with E-state index in [1.54, 1.807) is 0 Å². The van der Waals surface area contributed by atoms with Crippen molar-refractivity contribution in [3.8, 4) is 0 Å². The summed E-state index contributed by atoms with van der Waals surface area (Å²) in [6, 6.07) is 0. The molecule has 0 rings (SSSR count). The molecule has 0 aromatic rings. The maximum Gasteiger partial charge on any atom is 0.306 e. The summed E-state index contributed by atoms with van der Waals surface area (Å²) in [6.07, 6.45) is 72.3. The van der Waals surface area contributed by atoms with Crippen LogP contribution in [0.15, 0.2) is 85.1 Å². The molecule has 0 fully saturated rings. The number of hydrogen-bond acceptors (Lipinski definition) is 8. The molecule has 432 valence electrons. The monoisotopic (exact) mass is 1050 g/mol. The lowest BCUT2D eigenvalue weighted by Gasteiger charge is -2.26. The van der Waals surface area contributed by atoms with Gasteiger partial charge in [-0.25, -0.2) is 0 Å². The van der Waals surface area contributed by atoms with Crippen LogP contribution in [0.25, 0.3) is 0 Å². The number of unbranched alkanes of at least 4 members (excludes halogenated alkanes) is 27. The van der Waals surface area contributed by atoms with Gasteiger partial charge in [-0.05, 0) is 70.6 Å². The van der Waals surface area contributed by atoms with E-state index in [4.69, 9.17) is 18.9 Å². The summed E-state index contributed by atoms with van der Waals surface area (Å²) < 4.78 is 22.7. The van der Waals surface area contributed by atoms with Crippen LogP contribution in [0, 0.1) is 0 Å². The number of carbonyl (C=O) groups excluding carboxylic acids is 3. The summed E-state index contributed by atoms with van der Waals surface area (Å²) >= 11 is 0. The lowest BCUT2D eigenvalue weighted by molar-refractivity contribution is -0.870. The third kappa shape index (κ3) is 58.0. The Morgan fingerprint density at radius 1 is 0.413 bits per heavy atom. The van der Waals surface area contributed by atoms with Crippen LogP contribution in [-0.2, 0) is 33.3 Å². The summed E-state index contributed by atoms with van der Waals surface area (Å²) in [7, 11) is 5.92. The Bertz CT molecular complexity index is 1500. The van der Waals surface area contributed by atoms with Gasteiger partial charge < -0.3 is 33.3 Å². The lowest BCUT2D eigenvalue weighted by atomic mass is 10.0. The van der Waals surface area contributed by atoms with Crippen molar-refractivity contribution in [2.24, 2.45) is 0 Å². The van der Waals surface area contributed by atoms with Gasteiger partial charge in [0.2, 0.25) is 0 Å². The van der Waals surface area contributed by atoms with E-state index in [0.717, 1.165) is 77.0 Å². The zero-order valence-corrected chi connectivity index (χ0v) is 49.1. The van der Waals surface area contributed by atoms with Gasteiger partial charge in [-0.15, -0.1) is 0 Å². The van der Waals surface area contributed by atoms with Crippen LogP contribution in [0.2, 0.25) is 0 Å². The first-order valence-corrected chi connectivity index (χ1v) is 30.7. The fraction of sp³-hybridized carbons (Fsp3) is 0.742. The lowest BCUT2D eigenvalue weighted by Crippen LogP contribution is -2.44. The van der Waals surface area contributed by atoms with Crippen molar-refractivity contribution in [3.63, 3.8) is 0 Å². The summed E-state index contributed by atoms with van der Waals surface area (Å²) in [4.78, 5) is 37.2. The first kappa shape index (κ1) is 71.5. The van der Waals surface area contributed by atoms with Crippen LogP contribution >= 0.6 is 0 Å². The number of aliphatic carboxylic acids is 1. The van der Waals surface area contributed by atoms with Crippen molar-refractivity contribution < 1.29 is 42.9 Å². The zero-order chi connectivity index (χ0) is 54.8. The van der Waals surface area contributed by atoms with Crippen molar-refractivity contribution in [1.29, 1.82) is 0 Å². The van der Waals surface area contributed by atoms with E-state index in [1.807, 2.05) is 21.1 Å². The molecule has 0 radical (unpaired) electrons. The second-order valence-electron chi connectivity index (χ2n) is 21.6. The highest BCUT2D eigenvalue weighted by Crippen LogP contribution is 2.17. The average Bonchev–Trinajstić information content (AvgIpc) is 3.38. The number of esters is 2. The molecule has 0 aliphatic heterocycles. The summed E-state index contributed by atoms with van der Waals surface area (Å²) in [5, 5.41) is 11.7. The Balaban J connectivity index is 3.99. The Kier molecular flexibility index (Phi) is 54.0. The minimum atomic E-state index is -1.62. The number of carboxylic acids is 1. The molecular weight excluding hydrogens is 935 g/mol. The Labute approximate surface area is 461 Å². The highest BCUT2D eigenvalue weighted by atomic mass is 16.7. The van der Waals surface area contributed by atoms with Crippen LogP contribution in [0.3, 0.4) is 0 Å². The number of nitrogens with zero attached hydrogens (tertiary/aromatic N) is 1. The number of carboxylic acid groups (broad SMARTS) is 1. The molecule has 9 heteroatoms. The molecule has 0 saturated carbocycles. The molecule has 0 aliphatic rings. The molecular formula is C66H115NO8. The molecule has 0 amide bonds. The Morgan fingerprint density at radius 2 is 0.760 bits per heavy atom. The topological polar surface area (TPSA) is 111 Å². The van der Waals surface area contributed by atoms with Crippen LogP contribution < -0.4 is 5.11 Å². The molecule has 2 atom stereocenters. The number of quaternary nitrogens is 1. The third-order valence-electron chi connectivity index (χ3n) is 13.2. The average molecular weight is 1050 g/mol. The summed E-state index contributed by atoms with van der Waals surface area (Å²) in [5.74, 6) is -2.28. The van der Waals surface area contributed by atoms with Gasteiger partial charge in [0.1, 0.15) is 13.2 Å². The van der Waals surface area contributed by atoms with Crippen LogP contribution in [0.4, 0.5) is 0 Å². The molecule has 0 bridgehead atoms. The predicted octanol–water partition coefficient (Wildman–Crippen LogP) is 17.0. The molecule has 9 nitrogen and oxygen atoms in total. The first-order valence-electron chi connectivity index (χ1n) is 30.7. The molecule has 2 unspecified atom stereocenters. The molecule has 0 aromatic heterocycles. The van der Waals surface area contributed by atoms with Gasteiger partial charge in [0.05, 0.1) is 40.3 Å². The molecule has 0 aliphatic carbocycles. The van der Waals surface area contributed by atoms with Crippen molar-refractivity contribution >= 4 is 17.9 Å². The molecule has 0 aromatic carbocycles. The van der Waals surface area contributed by atoms with E-state index in [-0.39, 0.29) is 32.2 Å². The van der Waals surface area contributed by atoms with Crippen LogP contribution in [0.1, 0.15) is 258 Å². The van der Waals surface area contributed by atoms with E-state index < -0.39 is 24.3 Å². The van der Waals surface area contributed by atoms with Gasteiger partial charge >= 0.3 is 11.9 Å². The largest absolute Gasteiger partial charge is 0.545 e. The summed E-state index contributed by atoms with van der Waals surface area (Å²) in [6.45, 7) is 4.63. The number of carbonyl (C=O) groups is 3.